The average Bonchev–Trinajstić information content (AvgIpc) is 2.28. The van der Waals surface area contributed by atoms with Crippen LogP contribution in [0, 0.1) is 27.7 Å². The molecule has 0 aliphatic rings. The van der Waals surface area contributed by atoms with E-state index in [1.807, 2.05) is 0 Å². The third-order valence-corrected chi connectivity index (χ3v) is 5.68. The molecule has 0 nitrogen and oxygen atoms in total. The van der Waals surface area contributed by atoms with Crippen LogP contribution >= 0.6 is 0 Å². The van der Waals surface area contributed by atoms with E-state index in [1.165, 1.54) is 22.3 Å². The molecule has 17 heavy (non-hydrogen) atoms. The minimum Gasteiger partial charge on any atom is -0.162 e. The topological polar surface area (TPSA) is 0 Å². The summed E-state index contributed by atoms with van der Waals surface area (Å²) in [5.41, 5.74) is 5.65. The summed E-state index contributed by atoms with van der Waals surface area (Å²) in [6.07, 6.45) is 0. The summed E-state index contributed by atoms with van der Waals surface area (Å²) in [4.78, 5) is 0. The predicted octanol–water partition coefficient (Wildman–Crippen LogP) is 2.58. The second-order valence-electron chi connectivity index (χ2n) is 5.04. The van der Waals surface area contributed by atoms with Crippen LogP contribution in [0.15, 0.2) is 36.4 Å². The summed E-state index contributed by atoms with van der Waals surface area (Å²) in [6, 6.07) is 13.6. The highest BCUT2D eigenvalue weighted by atomic mass is 24.5. The van der Waals surface area contributed by atoms with Gasteiger partial charge in [0.05, 0.1) is 0 Å². The molecular formula is C16H18Mg. The van der Waals surface area contributed by atoms with Gasteiger partial charge in [-0.25, -0.2) is 0 Å². The number of aryl methyl sites for hydroxylation is 4. The van der Waals surface area contributed by atoms with Crippen molar-refractivity contribution in [3.8, 4) is 0 Å². The van der Waals surface area contributed by atoms with Crippen LogP contribution in [0.4, 0.5) is 0 Å². The average molecular weight is 235 g/mol. The van der Waals surface area contributed by atoms with Crippen LogP contribution in [0.5, 0.6) is 0 Å². The zero-order valence-corrected chi connectivity index (χ0v) is 12.6. The number of hydrogen-bond donors (Lipinski definition) is 0. The summed E-state index contributed by atoms with van der Waals surface area (Å²) in [5, 5.41) is 0. The third kappa shape index (κ3) is 3.11. The van der Waals surface area contributed by atoms with Crippen molar-refractivity contribution in [1.29, 1.82) is 0 Å². The number of hydrogen-bond acceptors (Lipinski definition) is 0. The zero-order valence-electron chi connectivity index (χ0n) is 11.2. The summed E-state index contributed by atoms with van der Waals surface area (Å²) in [5.74, 6) is 0. The van der Waals surface area contributed by atoms with Gasteiger partial charge in [-0.3, -0.25) is 0 Å². The fourth-order valence-electron chi connectivity index (χ4n) is 2.19. The maximum Gasteiger partial charge on any atom is 0.451 e. The first-order chi connectivity index (χ1) is 8.06. The molecule has 84 valence electrons. The zero-order chi connectivity index (χ0) is 12.4. The SMILES string of the molecule is Cc1ccc(C)[c]([Mg][c]2cc(C)ccc2C)c1. The Morgan fingerprint density at radius 3 is 1.47 bits per heavy atom. The lowest BCUT2D eigenvalue weighted by Crippen LogP contribution is -2.31. The lowest BCUT2D eigenvalue weighted by molar-refractivity contribution is 1.42. The van der Waals surface area contributed by atoms with E-state index < -0.39 is 0 Å². The van der Waals surface area contributed by atoms with Crippen molar-refractivity contribution in [3.63, 3.8) is 0 Å². The van der Waals surface area contributed by atoms with Gasteiger partial charge in [0.25, 0.3) is 0 Å². The minimum atomic E-state index is -0.335. The first-order valence-corrected chi connectivity index (χ1v) is 7.60. The molecule has 0 aliphatic carbocycles. The van der Waals surface area contributed by atoms with Gasteiger partial charge in [-0.05, 0) is 27.7 Å². The van der Waals surface area contributed by atoms with E-state index in [4.69, 9.17) is 0 Å². The van der Waals surface area contributed by atoms with Gasteiger partial charge in [0, 0.05) is 0 Å². The van der Waals surface area contributed by atoms with E-state index in [-0.39, 0.29) is 20.4 Å². The largest absolute Gasteiger partial charge is 0.451 e. The number of rotatable bonds is 2. The first-order valence-electron chi connectivity index (χ1n) is 6.18. The Balaban J connectivity index is 2.37. The second-order valence-corrected chi connectivity index (χ2v) is 6.91. The molecule has 0 spiro atoms. The maximum atomic E-state index is 2.36. The molecule has 2 aromatic rings. The van der Waals surface area contributed by atoms with Crippen molar-refractivity contribution in [3.05, 3.63) is 58.7 Å². The van der Waals surface area contributed by atoms with Crippen LogP contribution < -0.4 is 7.39 Å². The van der Waals surface area contributed by atoms with Gasteiger partial charge < -0.3 is 0 Å². The summed E-state index contributed by atoms with van der Waals surface area (Å²) in [7, 11) is 0. The maximum absolute atomic E-state index is 2.36. The van der Waals surface area contributed by atoms with Crippen molar-refractivity contribution in [2.75, 3.05) is 0 Å². The smallest absolute Gasteiger partial charge is 0.162 e. The molecule has 0 unspecified atom stereocenters. The molecule has 0 radical (unpaired) electrons. The van der Waals surface area contributed by atoms with E-state index in [1.54, 1.807) is 7.39 Å². The van der Waals surface area contributed by atoms with E-state index in [9.17, 15) is 0 Å². The molecule has 0 bridgehead atoms. The Kier molecular flexibility index (Phi) is 3.90. The van der Waals surface area contributed by atoms with Gasteiger partial charge >= 0.3 is 20.4 Å². The standard InChI is InChI=1S/2C8H9.Mg/c2*1-7-3-5-8(2)6-4-7;/h2*3-5H,1-2H3;. The molecular weight excluding hydrogens is 216 g/mol. The van der Waals surface area contributed by atoms with Gasteiger partial charge in [-0.15, -0.1) is 0 Å². The Hall–Kier alpha value is -0.794. The minimum absolute atomic E-state index is 0.335. The van der Waals surface area contributed by atoms with Gasteiger partial charge in [0.15, 0.2) is 0 Å². The molecule has 0 saturated heterocycles. The van der Waals surface area contributed by atoms with Crippen molar-refractivity contribution in [2.24, 2.45) is 0 Å². The molecule has 2 aromatic carbocycles. The Labute approximate surface area is 114 Å². The lowest BCUT2D eigenvalue weighted by Gasteiger charge is -2.10. The monoisotopic (exact) mass is 234 g/mol. The normalized spacial score (nSPS) is 10.1. The highest BCUT2D eigenvalue weighted by Crippen LogP contribution is 2.02. The molecule has 0 saturated carbocycles. The van der Waals surface area contributed by atoms with Gasteiger partial charge in [-0.2, -0.15) is 7.39 Å². The van der Waals surface area contributed by atoms with Crippen LogP contribution in [-0.4, -0.2) is 20.4 Å². The number of benzene rings is 2. The van der Waals surface area contributed by atoms with Crippen LogP contribution in [0.3, 0.4) is 0 Å². The van der Waals surface area contributed by atoms with Gasteiger partial charge in [-0.1, -0.05) is 58.7 Å². The highest BCUT2D eigenvalue weighted by Gasteiger charge is 2.08. The van der Waals surface area contributed by atoms with Crippen LogP contribution in [-0.2, 0) is 0 Å². The van der Waals surface area contributed by atoms with Gasteiger partial charge in [0.2, 0.25) is 0 Å². The van der Waals surface area contributed by atoms with E-state index in [0.29, 0.717) is 0 Å². The fourth-order valence-corrected chi connectivity index (χ4v) is 4.24. The van der Waals surface area contributed by atoms with E-state index in [2.05, 4.69) is 64.1 Å². The molecule has 0 aliphatic heterocycles. The Morgan fingerprint density at radius 1 is 0.647 bits per heavy atom. The van der Waals surface area contributed by atoms with Crippen molar-refractivity contribution in [2.45, 2.75) is 27.7 Å². The fraction of sp³-hybridized carbons (Fsp3) is 0.250. The van der Waals surface area contributed by atoms with E-state index >= 15 is 0 Å². The third-order valence-electron chi connectivity index (χ3n) is 3.39. The van der Waals surface area contributed by atoms with Crippen LogP contribution in [0.25, 0.3) is 0 Å². The van der Waals surface area contributed by atoms with Crippen molar-refractivity contribution < 1.29 is 0 Å². The highest BCUT2D eigenvalue weighted by molar-refractivity contribution is 6.68. The van der Waals surface area contributed by atoms with Gasteiger partial charge in [0.1, 0.15) is 0 Å². The summed E-state index contributed by atoms with van der Waals surface area (Å²) < 4.78 is 3.16. The Morgan fingerprint density at radius 2 is 1.06 bits per heavy atom. The molecule has 0 atom stereocenters. The lowest BCUT2D eigenvalue weighted by atomic mass is 10.2. The summed E-state index contributed by atoms with van der Waals surface area (Å²) in [6.45, 7) is 8.82. The molecule has 0 amide bonds. The molecule has 0 N–H and O–H groups in total. The van der Waals surface area contributed by atoms with Crippen LogP contribution in [0.1, 0.15) is 22.3 Å². The van der Waals surface area contributed by atoms with Crippen LogP contribution in [0.2, 0.25) is 0 Å². The second kappa shape index (κ2) is 5.24. The first kappa shape index (κ1) is 12.7. The quantitative estimate of drug-likeness (QED) is 0.701. The molecule has 0 heterocycles. The van der Waals surface area contributed by atoms with E-state index in [0.717, 1.165) is 0 Å². The predicted molar refractivity (Wildman–Crippen MR) is 76.9 cm³/mol. The molecule has 0 aromatic heterocycles. The van der Waals surface area contributed by atoms with Crippen molar-refractivity contribution >= 4 is 27.8 Å². The summed E-state index contributed by atoms with van der Waals surface area (Å²) >= 11 is -0.335. The molecule has 0 fully saturated rings. The molecule has 1 heteroatoms. The molecule has 2 rings (SSSR count). The van der Waals surface area contributed by atoms with Crippen molar-refractivity contribution in [1.82, 2.24) is 0 Å². The Bertz CT molecular complexity index is 492.